The molecule has 1 N–H and O–H groups in total. The molecule has 0 radical (unpaired) electrons. The predicted octanol–water partition coefficient (Wildman–Crippen LogP) is 3.86. The second-order valence-electron chi connectivity index (χ2n) is 5.22. The third-order valence-electron chi connectivity index (χ3n) is 2.82. The molecule has 0 aliphatic heterocycles. The first-order chi connectivity index (χ1) is 10.5. The van der Waals surface area contributed by atoms with E-state index in [1.165, 1.54) is 11.3 Å². The number of hydrogen-bond donors (Lipinski definition) is 1. The summed E-state index contributed by atoms with van der Waals surface area (Å²) in [4.78, 5) is 12.2. The lowest BCUT2D eigenvalue weighted by molar-refractivity contribution is 0.102. The molecule has 0 bridgehead atoms. The highest BCUT2D eigenvalue weighted by Gasteiger charge is 2.12. The van der Waals surface area contributed by atoms with E-state index in [0.717, 1.165) is 21.4 Å². The van der Waals surface area contributed by atoms with Crippen LogP contribution in [0.5, 0.6) is 5.75 Å². The van der Waals surface area contributed by atoms with Gasteiger partial charge in [-0.3, -0.25) is 10.1 Å². The first kappa shape index (κ1) is 16.8. The molecular weight excluding hydrogens is 318 g/mol. The minimum absolute atomic E-state index is 0.192. The van der Waals surface area contributed by atoms with E-state index < -0.39 is 0 Å². The number of aromatic nitrogens is 2. The second-order valence-corrected chi connectivity index (χ2v) is 7.46. The number of thioether (sulfide) groups is 1. The Kier molecular flexibility index (Phi) is 5.79. The quantitative estimate of drug-likeness (QED) is 0.640. The smallest absolute Gasteiger partial charge is 0.257 e. The van der Waals surface area contributed by atoms with E-state index in [9.17, 15) is 4.79 Å². The van der Waals surface area contributed by atoms with Crippen LogP contribution in [0.2, 0.25) is 0 Å². The van der Waals surface area contributed by atoms with E-state index in [1.807, 2.05) is 6.92 Å². The van der Waals surface area contributed by atoms with Gasteiger partial charge in [-0.25, -0.2) is 0 Å². The zero-order chi connectivity index (χ0) is 16.1. The van der Waals surface area contributed by atoms with Gasteiger partial charge in [-0.15, -0.1) is 10.2 Å². The summed E-state index contributed by atoms with van der Waals surface area (Å²) in [6, 6.07) is 5.31. The lowest BCUT2D eigenvalue weighted by Gasteiger charge is -2.06. The van der Waals surface area contributed by atoms with E-state index in [-0.39, 0.29) is 5.91 Å². The van der Waals surface area contributed by atoms with Crippen LogP contribution >= 0.6 is 23.1 Å². The largest absolute Gasteiger partial charge is 0.496 e. The Bertz CT molecular complexity index is 656. The number of anilines is 1. The van der Waals surface area contributed by atoms with Crippen molar-refractivity contribution in [3.05, 3.63) is 29.3 Å². The summed E-state index contributed by atoms with van der Waals surface area (Å²) in [5.74, 6) is 2.15. The van der Waals surface area contributed by atoms with Crippen molar-refractivity contribution in [2.45, 2.75) is 25.1 Å². The van der Waals surface area contributed by atoms with Gasteiger partial charge in [0.2, 0.25) is 5.13 Å². The summed E-state index contributed by atoms with van der Waals surface area (Å²) in [6.07, 6.45) is 0. The van der Waals surface area contributed by atoms with Crippen molar-refractivity contribution in [2.75, 3.05) is 18.2 Å². The molecule has 1 heterocycles. The number of nitrogens with one attached hydrogen (secondary N) is 1. The number of methoxy groups -OCH3 is 1. The third-order valence-corrected chi connectivity index (χ3v) is 5.22. The Morgan fingerprint density at radius 1 is 1.41 bits per heavy atom. The number of carbonyl (C=O) groups is 1. The highest BCUT2D eigenvalue weighted by Crippen LogP contribution is 2.27. The summed E-state index contributed by atoms with van der Waals surface area (Å²) >= 11 is 3.05. The van der Waals surface area contributed by atoms with E-state index in [0.29, 0.717) is 16.6 Å². The Morgan fingerprint density at radius 2 is 2.18 bits per heavy atom. The monoisotopic (exact) mass is 337 g/mol. The summed E-state index contributed by atoms with van der Waals surface area (Å²) in [5, 5.41) is 11.4. The van der Waals surface area contributed by atoms with Crippen LogP contribution < -0.4 is 10.1 Å². The second kappa shape index (κ2) is 7.60. The van der Waals surface area contributed by atoms with Crippen LogP contribution in [0.1, 0.15) is 29.8 Å². The first-order valence-electron chi connectivity index (χ1n) is 6.92. The van der Waals surface area contributed by atoms with Crippen LogP contribution in [0, 0.1) is 12.8 Å². The van der Waals surface area contributed by atoms with Gasteiger partial charge in [0.1, 0.15) is 5.75 Å². The molecule has 5 nitrogen and oxygen atoms in total. The maximum atomic E-state index is 12.2. The number of amides is 1. The molecule has 0 unspecified atom stereocenters. The highest BCUT2D eigenvalue weighted by molar-refractivity contribution is 8.01. The van der Waals surface area contributed by atoms with Crippen LogP contribution in [0.15, 0.2) is 22.5 Å². The van der Waals surface area contributed by atoms with Crippen molar-refractivity contribution < 1.29 is 9.53 Å². The standard InChI is InChI=1S/C15H19N3O2S2/c1-9(2)8-21-15-18-17-14(22-15)16-13(19)11-5-6-12(20-4)10(3)7-11/h5-7,9H,8H2,1-4H3,(H,16,17,19). The van der Waals surface area contributed by atoms with Crippen LogP contribution in [0.4, 0.5) is 5.13 Å². The maximum absolute atomic E-state index is 12.2. The zero-order valence-electron chi connectivity index (χ0n) is 13.0. The van der Waals surface area contributed by atoms with Crippen molar-refractivity contribution >= 4 is 34.1 Å². The average molecular weight is 337 g/mol. The molecule has 0 atom stereocenters. The number of ether oxygens (including phenoxy) is 1. The van der Waals surface area contributed by atoms with Crippen LogP contribution in [-0.2, 0) is 0 Å². The fourth-order valence-electron chi connectivity index (χ4n) is 1.75. The van der Waals surface area contributed by atoms with Gasteiger partial charge in [-0.1, -0.05) is 36.9 Å². The fraction of sp³-hybridized carbons (Fsp3) is 0.400. The van der Waals surface area contributed by atoms with Gasteiger partial charge in [-0.05, 0) is 36.6 Å². The summed E-state index contributed by atoms with van der Waals surface area (Å²) in [7, 11) is 1.61. The van der Waals surface area contributed by atoms with Crippen LogP contribution in [-0.4, -0.2) is 29.0 Å². The number of nitrogens with zero attached hydrogens (tertiary/aromatic N) is 2. The molecule has 0 saturated carbocycles. The number of hydrogen-bond acceptors (Lipinski definition) is 6. The van der Waals surface area contributed by atoms with Gasteiger partial charge in [0, 0.05) is 11.3 Å². The molecule has 0 aliphatic carbocycles. The minimum atomic E-state index is -0.192. The molecule has 2 aromatic rings. The van der Waals surface area contributed by atoms with Crippen molar-refractivity contribution in [1.29, 1.82) is 0 Å². The van der Waals surface area contributed by atoms with E-state index in [2.05, 4.69) is 29.4 Å². The van der Waals surface area contributed by atoms with Crippen LogP contribution in [0.25, 0.3) is 0 Å². The molecule has 22 heavy (non-hydrogen) atoms. The zero-order valence-corrected chi connectivity index (χ0v) is 14.7. The number of aryl methyl sites for hydroxylation is 1. The maximum Gasteiger partial charge on any atom is 0.257 e. The van der Waals surface area contributed by atoms with E-state index in [1.54, 1.807) is 37.1 Å². The van der Waals surface area contributed by atoms with Gasteiger partial charge in [-0.2, -0.15) is 0 Å². The van der Waals surface area contributed by atoms with Crippen molar-refractivity contribution in [2.24, 2.45) is 5.92 Å². The Morgan fingerprint density at radius 3 is 2.82 bits per heavy atom. The van der Waals surface area contributed by atoms with Crippen LogP contribution in [0.3, 0.4) is 0 Å². The van der Waals surface area contributed by atoms with Gasteiger partial charge >= 0.3 is 0 Å². The molecule has 1 aromatic heterocycles. The van der Waals surface area contributed by atoms with E-state index in [4.69, 9.17) is 4.74 Å². The SMILES string of the molecule is COc1ccc(C(=O)Nc2nnc(SCC(C)C)s2)cc1C. The molecule has 7 heteroatoms. The summed E-state index contributed by atoms with van der Waals surface area (Å²) < 4.78 is 6.06. The molecule has 118 valence electrons. The Hall–Kier alpha value is -1.60. The van der Waals surface area contributed by atoms with Gasteiger partial charge < -0.3 is 4.74 Å². The molecule has 0 saturated heterocycles. The van der Waals surface area contributed by atoms with Crippen molar-refractivity contribution in [3.8, 4) is 5.75 Å². The Labute approximate surface area is 138 Å². The predicted molar refractivity (Wildman–Crippen MR) is 91.2 cm³/mol. The minimum Gasteiger partial charge on any atom is -0.496 e. The number of carbonyl (C=O) groups excluding carboxylic acids is 1. The molecule has 2 rings (SSSR count). The van der Waals surface area contributed by atoms with Crippen molar-refractivity contribution in [1.82, 2.24) is 10.2 Å². The number of benzene rings is 1. The molecular formula is C15H19N3O2S2. The molecule has 0 aliphatic rings. The molecule has 1 aromatic carbocycles. The van der Waals surface area contributed by atoms with Gasteiger partial charge in [0.15, 0.2) is 4.34 Å². The van der Waals surface area contributed by atoms with E-state index >= 15 is 0 Å². The van der Waals surface area contributed by atoms with Crippen molar-refractivity contribution in [3.63, 3.8) is 0 Å². The summed E-state index contributed by atoms with van der Waals surface area (Å²) in [5.41, 5.74) is 1.49. The topological polar surface area (TPSA) is 64.1 Å². The molecule has 1 amide bonds. The normalized spacial score (nSPS) is 10.8. The Balaban J connectivity index is 2.01. The first-order valence-corrected chi connectivity index (χ1v) is 8.72. The average Bonchev–Trinajstić information content (AvgIpc) is 2.92. The third kappa shape index (κ3) is 4.45. The van der Waals surface area contributed by atoms with Gasteiger partial charge in [0.05, 0.1) is 7.11 Å². The lowest BCUT2D eigenvalue weighted by Crippen LogP contribution is -2.12. The highest BCUT2D eigenvalue weighted by atomic mass is 32.2. The number of rotatable bonds is 6. The summed E-state index contributed by atoms with van der Waals surface area (Å²) in [6.45, 7) is 6.21. The fourth-order valence-corrected chi connectivity index (χ4v) is 3.47. The lowest BCUT2D eigenvalue weighted by atomic mass is 10.1. The molecule has 0 spiro atoms. The van der Waals surface area contributed by atoms with Gasteiger partial charge in [0.25, 0.3) is 5.91 Å². The molecule has 0 fully saturated rings.